The molecule has 0 aromatic carbocycles. The van der Waals surface area contributed by atoms with Gasteiger partial charge in [-0.15, -0.1) is 0 Å². The molecule has 3 saturated heterocycles. The second-order valence-electron chi connectivity index (χ2n) is 9.85. The van der Waals surface area contributed by atoms with E-state index in [1.807, 2.05) is 18.5 Å². The normalized spacial score (nSPS) is 22.1. The van der Waals surface area contributed by atoms with Gasteiger partial charge in [0.25, 0.3) is 0 Å². The number of rotatable bonds is 5. The number of pyridine rings is 2. The highest BCUT2D eigenvalue weighted by Gasteiger charge is 2.42. The third-order valence-electron chi connectivity index (χ3n) is 7.41. The third kappa shape index (κ3) is 4.30. The van der Waals surface area contributed by atoms with Gasteiger partial charge in [0.05, 0.1) is 30.8 Å². The highest BCUT2D eigenvalue weighted by Crippen LogP contribution is 2.35. The Bertz CT molecular complexity index is 1230. The molecule has 0 saturated carbocycles. The predicted molar refractivity (Wildman–Crippen MR) is 137 cm³/mol. The minimum Gasteiger partial charge on any atom is -0.378 e. The lowest BCUT2D eigenvalue weighted by molar-refractivity contribution is 0.122. The number of hydrogen-bond donors (Lipinski definition) is 1. The SMILES string of the molecule is Cc1cc(-c2ccnc(Nc3cnc(N4C[C@@H]5C[C@H]4CN5C)c(C)c3)n2)cnc1N1CCOCC1. The van der Waals surface area contributed by atoms with Crippen LogP contribution in [-0.4, -0.2) is 83.4 Å². The highest BCUT2D eigenvalue weighted by molar-refractivity contribution is 5.65. The minimum absolute atomic E-state index is 0.549. The van der Waals surface area contributed by atoms with E-state index in [2.05, 4.69) is 58.0 Å². The molecule has 0 aliphatic carbocycles. The molecule has 0 spiro atoms. The van der Waals surface area contributed by atoms with Gasteiger partial charge in [0.1, 0.15) is 11.6 Å². The van der Waals surface area contributed by atoms with Gasteiger partial charge in [-0.3, -0.25) is 4.90 Å². The van der Waals surface area contributed by atoms with Crippen molar-refractivity contribution >= 4 is 23.3 Å². The molecule has 3 aliphatic heterocycles. The number of nitrogens with one attached hydrogen (secondary N) is 1. The molecule has 0 amide bonds. The number of aromatic nitrogens is 4. The summed E-state index contributed by atoms with van der Waals surface area (Å²) in [4.78, 5) is 26.0. The third-order valence-corrected chi connectivity index (χ3v) is 7.41. The van der Waals surface area contributed by atoms with Crippen LogP contribution in [0, 0.1) is 13.8 Å². The number of likely N-dealkylation sites (tertiary alicyclic amines) is 1. The van der Waals surface area contributed by atoms with Crippen LogP contribution in [0.25, 0.3) is 11.3 Å². The van der Waals surface area contributed by atoms with E-state index >= 15 is 0 Å². The zero-order valence-electron chi connectivity index (χ0n) is 20.6. The molecule has 9 nitrogen and oxygen atoms in total. The molecule has 182 valence electrons. The molecular formula is C26H32N8O. The largest absolute Gasteiger partial charge is 0.378 e. The van der Waals surface area contributed by atoms with Crippen LogP contribution in [0.15, 0.2) is 36.8 Å². The van der Waals surface area contributed by atoms with E-state index < -0.39 is 0 Å². The van der Waals surface area contributed by atoms with E-state index in [-0.39, 0.29) is 0 Å². The average molecular weight is 473 g/mol. The first-order valence-electron chi connectivity index (χ1n) is 12.4. The van der Waals surface area contributed by atoms with Gasteiger partial charge in [-0.2, -0.15) is 0 Å². The molecule has 6 rings (SSSR count). The second-order valence-corrected chi connectivity index (χ2v) is 9.85. The van der Waals surface area contributed by atoms with Crippen molar-refractivity contribution in [3.8, 4) is 11.3 Å². The number of morpholine rings is 1. The Kier molecular flexibility index (Phi) is 5.74. The van der Waals surface area contributed by atoms with Crippen LogP contribution in [0.1, 0.15) is 17.5 Å². The van der Waals surface area contributed by atoms with Crippen molar-refractivity contribution in [1.82, 2.24) is 24.8 Å². The Morgan fingerprint density at radius 3 is 2.46 bits per heavy atom. The van der Waals surface area contributed by atoms with Crippen LogP contribution in [0.3, 0.4) is 0 Å². The zero-order chi connectivity index (χ0) is 23.9. The van der Waals surface area contributed by atoms with Crippen LogP contribution in [-0.2, 0) is 4.74 Å². The Balaban J connectivity index is 1.18. The first-order valence-corrected chi connectivity index (χ1v) is 12.4. The number of piperazine rings is 1. The Morgan fingerprint density at radius 2 is 1.74 bits per heavy atom. The Morgan fingerprint density at radius 1 is 0.943 bits per heavy atom. The van der Waals surface area contributed by atoms with E-state index in [0.29, 0.717) is 18.0 Å². The molecular weight excluding hydrogens is 440 g/mol. The highest BCUT2D eigenvalue weighted by atomic mass is 16.5. The van der Waals surface area contributed by atoms with Crippen molar-refractivity contribution in [3.63, 3.8) is 0 Å². The summed E-state index contributed by atoms with van der Waals surface area (Å²) in [5, 5.41) is 3.34. The maximum absolute atomic E-state index is 5.47. The van der Waals surface area contributed by atoms with Crippen molar-refractivity contribution < 1.29 is 4.74 Å². The predicted octanol–water partition coefficient (Wildman–Crippen LogP) is 3.02. The molecule has 0 unspecified atom stereocenters. The molecule has 2 bridgehead atoms. The van der Waals surface area contributed by atoms with Crippen molar-refractivity contribution in [1.29, 1.82) is 0 Å². The van der Waals surface area contributed by atoms with Crippen LogP contribution in [0.4, 0.5) is 23.3 Å². The minimum atomic E-state index is 0.549. The molecule has 0 radical (unpaired) electrons. The standard InChI is InChI=1S/C26H32N8O/c1-17-10-19(13-28-24(17)33-6-8-35-9-7-33)23-4-5-27-26(31-23)30-20-11-18(2)25(29-14-20)34-16-21-12-22(34)15-32(21)3/h4-5,10-11,13-14,21-22H,6-9,12,15-16H2,1-3H3,(H,27,30,31)/t21-,22-/m0/s1. The summed E-state index contributed by atoms with van der Waals surface area (Å²) in [6.07, 6.45) is 6.80. The van der Waals surface area contributed by atoms with E-state index in [4.69, 9.17) is 19.7 Å². The van der Waals surface area contributed by atoms with Crippen LogP contribution in [0.5, 0.6) is 0 Å². The van der Waals surface area contributed by atoms with Crippen LogP contribution in [0.2, 0.25) is 0 Å². The summed E-state index contributed by atoms with van der Waals surface area (Å²) in [5.74, 6) is 2.66. The van der Waals surface area contributed by atoms with E-state index in [9.17, 15) is 0 Å². The lowest BCUT2D eigenvalue weighted by atomic mass is 10.1. The summed E-state index contributed by atoms with van der Waals surface area (Å²) in [6, 6.07) is 7.42. The fraction of sp³-hybridized carbons (Fsp3) is 0.462. The summed E-state index contributed by atoms with van der Waals surface area (Å²) >= 11 is 0. The van der Waals surface area contributed by atoms with E-state index in [0.717, 1.165) is 73.5 Å². The topological polar surface area (TPSA) is 82.5 Å². The van der Waals surface area contributed by atoms with Crippen molar-refractivity contribution in [2.24, 2.45) is 0 Å². The number of anilines is 4. The summed E-state index contributed by atoms with van der Waals surface area (Å²) < 4.78 is 5.47. The van der Waals surface area contributed by atoms with Gasteiger partial charge in [-0.25, -0.2) is 19.9 Å². The van der Waals surface area contributed by atoms with Gasteiger partial charge in [0.2, 0.25) is 5.95 Å². The number of nitrogens with zero attached hydrogens (tertiary/aromatic N) is 7. The van der Waals surface area contributed by atoms with Gasteiger partial charge in [-0.05, 0) is 56.6 Å². The monoisotopic (exact) mass is 472 g/mol. The fourth-order valence-electron chi connectivity index (χ4n) is 5.58. The molecule has 3 aliphatic rings. The number of aryl methyl sites for hydroxylation is 2. The first kappa shape index (κ1) is 22.2. The number of hydrogen-bond acceptors (Lipinski definition) is 9. The average Bonchev–Trinajstić information content (AvgIpc) is 3.44. The number of fused-ring (bicyclic) bond motifs is 2. The summed E-state index contributed by atoms with van der Waals surface area (Å²) in [6.45, 7) is 9.64. The van der Waals surface area contributed by atoms with Crippen molar-refractivity contribution in [2.45, 2.75) is 32.4 Å². The molecule has 9 heteroatoms. The van der Waals surface area contributed by atoms with Crippen molar-refractivity contribution in [3.05, 3.63) is 47.9 Å². The number of likely N-dealkylation sites (N-methyl/N-ethyl adjacent to an activating group) is 1. The summed E-state index contributed by atoms with van der Waals surface area (Å²) in [7, 11) is 2.22. The molecule has 1 N–H and O–H groups in total. The van der Waals surface area contributed by atoms with Gasteiger partial charge < -0.3 is 19.9 Å². The first-order chi connectivity index (χ1) is 17.0. The Hall–Kier alpha value is -3.30. The lowest BCUT2D eigenvalue weighted by Crippen LogP contribution is -2.45. The maximum atomic E-state index is 5.47. The smallest absolute Gasteiger partial charge is 0.227 e. The molecule has 2 atom stereocenters. The fourth-order valence-corrected chi connectivity index (χ4v) is 5.58. The second kappa shape index (κ2) is 9.05. The molecule has 3 aromatic heterocycles. The maximum Gasteiger partial charge on any atom is 0.227 e. The van der Waals surface area contributed by atoms with E-state index in [1.54, 1.807) is 6.20 Å². The van der Waals surface area contributed by atoms with Crippen LogP contribution < -0.4 is 15.1 Å². The lowest BCUT2D eigenvalue weighted by Gasteiger charge is -2.33. The Labute approximate surface area is 206 Å². The van der Waals surface area contributed by atoms with Crippen LogP contribution >= 0.6 is 0 Å². The van der Waals surface area contributed by atoms with Gasteiger partial charge in [-0.1, -0.05) is 0 Å². The molecule has 3 fully saturated rings. The number of ether oxygens (including phenoxy) is 1. The van der Waals surface area contributed by atoms with Gasteiger partial charge in [0.15, 0.2) is 0 Å². The van der Waals surface area contributed by atoms with E-state index in [1.165, 1.54) is 12.0 Å². The van der Waals surface area contributed by atoms with Gasteiger partial charge >= 0.3 is 0 Å². The molecule has 6 heterocycles. The molecule has 3 aromatic rings. The zero-order valence-corrected chi connectivity index (χ0v) is 20.6. The van der Waals surface area contributed by atoms with Gasteiger partial charge in [0, 0.05) is 56.2 Å². The van der Waals surface area contributed by atoms with Crippen molar-refractivity contribution in [2.75, 3.05) is 61.6 Å². The summed E-state index contributed by atoms with van der Waals surface area (Å²) in [5.41, 5.74) is 5.00. The quantitative estimate of drug-likeness (QED) is 0.602. The molecule has 35 heavy (non-hydrogen) atoms.